The highest BCUT2D eigenvalue weighted by molar-refractivity contribution is 7.90. The third-order valence-electron chi connectivity index (χ3n) is 2.66. The van der Waals surface area contributed by atoms with Crippen LogP contribution in [0.3, 0.4) is 0 Å². The molecule has 0 aliphatic rings. The van der Waals surface area contributed by atoms with Crippen LogP contribution in [0, 0.1) is 15.9 Å². The minimum Gasteiger partial charge on any atom is -0.396 e. The smallest absolute Gasteiger partial charge is 0.304 e. The van der Waals surface area contributed by atoms with Gasteiger partial charge in [0.1, 0.15) is 0 Å². The average molecular weight is 311 g/mol. The van der Waals surface area contributed by atoms with Crippen molar-refractivity contribution in [3.8, 4) is 0 Å². The third-order valence-corrected chi connectivity index (χ3v) is 4.30. The zero-order valence-electron chi connectivity index (χ0n) is 10.6. The molecule has 0 aliphatic heterocycles. The highest BCUT2D eigenvalue weighted by Crippen LogP contribution is 2.23. The minimum atomic E-state index is -3.87. The molecular formula is C12H10FN3O4S. The number of nitrogen functional groups attached to an aromatic ring is 1. The molecule has 1 heterocycles. The largest absolute Gasteiger partial charge is 0.396 e. The van der Waals surface area contributed by atoms with Crippen molar-refractivity contribution in [1.82, 2.24) is 4.98 Å². The summed E-state index contributed by atoms with van der Waals surface area (Å²) in [6.07, 6.45) is 1.28. The quantitative estimate of drug-likeness (QED) is 0.678. The second-order valence-corrected chi connectivity index (χ2v) is 6.10. The van der Waals surface area contributed by atoms with Crippen LogP contribution in [-0.2, 0) is 15.6 Å². The van der Waals surface area contributed by atoms with Crippen LogP contribution in [-0.4, -0.2) is 18.3 Å². The van der Waals surface area contributed by atoms with E-state index >= 15 is 0 Å². The van der Waals surface area contributed by atoms with E-state index in [1.807, 2.05) is 0 Å². The summed E-state index contributed by atoms with van der Waals surface area (Å²) in [5.74, 6) is -1.65. The van der Waals surface area contributed by atoms with Gasteiger partial charge in [0.05, 0.1) is 16.4 Å². The zero-order valence-corrected chi connectivity index (χ0v) is 11.4. The van der Waals surface area contributed by atoms with Crippen LogP contribution < -0.4 is 5.73 Å². The Morgan fingerprint density at radius 1 is 1.33 bits per heavy atom. The molecule has 110 valence electrons. The first-order valence-electron chi connectivity index (χ1n) is 5.67. The number of nitrogens with two attached hydrogens (primary N) is 1. The van der Waals surface area contributed by atoms with Crippen LogP contribution in [0.5, 0.6) is 0 Å². The predicted molar refractivity (Wildman–Crippen MR) is 72.6 cm³/mol. The van der Waals surface area contributed by atoms with E-state index in [2.05, 4.69) is 4.98 Å². The number of pyridine rings is 1. The fraction of sp³-hybridized carbons (Fsp3) is 0.0833. The van der Waals surface area contributed by atoms with E-state index in [1.165, 1.54) is 24.4 Å². The lowest BCUT2D eigenvalue weighted by Gasteiger charge is -2.06. The van der Waals surface area contributed by atoms with Crippen LogP contribution in [0.2, 0.25) is 0 Å². The molecule has 0 spiro atoms. The van der Waals surface area contributed by atoms with Crippen molar-refractivity contribution in [2.45, 2.75) is 10.8 Å². The molecule has 7 nitrogen and oxygen atoms in total. The number of sulfone groups is 1. The fourth-order valence-electron chi connectivity index (χ4n) is 1.74. The molecule has 0 amide bonds. The van der Waals surface area contributed by atoms with Crippen molar-refractivity contribution in [3.63, 3.8) is 0 Å². The Morgan fingerprint density at radius 2 is 2.05 bits per heavy atom. The van der Waals surface area contributed by atoms with Gasteiger partial charge in [-0.1, -0.05) is 6.07 Å². The number of anilines is 1. The van der Waals surface area contributed by atoms with Crippen molar-refractivity contribution in [1.29, 1.82) is 0 Å². The molecule has 9 heteroatoms. The zero-order chi connectivity index (χ0) is 15.6. The molecule has 21 heavy (non-hydrogen) atoms. The molecule has 2 aromatic rings. The highest BCUT2D eigenvalue weighted by atomic mass is 32.2. The Balaban J connectivity index is 2.36. The van der Waals surface area contributed by atoms with Gasteiger partial charge in [0.25, 0.3) is 0 Å². The van der Waals surface area contributed by atoms with E-state index in [1.54, 1.807) is 0 Å². The van der Waals surface area contributed by atoms with Gasteiger partial charge in [-0.25, -0.2) is 13.4 Å². The Kier molecular flexibility index (Phi) is 3.85. The summed E-state index contributed by atoms with van der Waals surface area (Å²) in [6, 6.07) is 5.78. The molecule has 0 bridgehead atoms. The SMILES string of the molecule is Nc1cccnc1S(=O)(=O)Cc1ccc([N+](=O)[O-])c(F)c1. The van der Waals surface area contributed by atoms with Crippen LogP contribution in [0.1, 0.15) is 5.56 Å². The number of hydrogen-bond acceptors (Lipinski definition) is 6. The standard InChI is InChI=1S/C12H10FN3O4S/c13-9-6-8(3-4-11(9)16(17)18)7-21(19,20)12-10(14)2-1-5-15-12/h1-6H,7,14H2. The van der Waals surface area contributed by atoms with Crippen LogP contribution in [0.15, 0.2) is 41.6 Å². The molecule has 1 aromatic heterocycles. The third kappa shape index (κ3) is 3.14. The normalized spacial score (nSPS) is 11.3. The maximum atomic E-state index is 13.5. The van der Waals surface area contributed by atoms with Gasteiger partial charge in [0.15, 0.2) is 5.03 Å². The number of nitro groups is 1. The monoisotopic (exact) mass is 311 g/mol. The van der Waals surface area contributed by atoms with E-state index in [-0.39, 0.29) is 16.3 Å². The number of halogens is 1. The first-order valence-corrected chi connectivity index (χ1v) is 7.32. The van der Waals surface area contributed by atoms with Crippen LogP contribution >= 0.6 is 0 Å². The summed E-state index contributed by atoms with van der Waals surface area (Å²) in [7, 11) is -3.87. The molecule has 0 aliphatic carbocycles. The number of aromatic nitrogens is 1. The molecule has 0 saturated heterocycles. The number of nitrogens with zero attached hydrogens (tertiary/aromatic N) is 2. The van der Waals surface area contributed by atoms with Gasteiger partial charge < -0.3 is 5.73 Å². The lowest BCUT2D eigenvalue weighted by Crippen LogP contribution is -2.10. The maximum absolute atomic E-state index is 13.5. The van der Waals surface area contributed by atoms with Crippen LogP contribution in [0.25, 0.3) is 0 Å². The molecule has 0 fully saturated rings. The Morgan fingerprint density at radius 3 is 2.62 bits per heavy atom. The van der Waals surface area contributed by atoms with Crippen molar-refractivity contribution in [3.05, 3.63) is 58.0 Å². The van der Waals surface area contributed by atoms with Gasteiger partial charge >= 0.3 is 5.69 Å². The Hall–Kier alpha value is -2.55. The molecule has 0 radical (unpaired) electrons. The summed E-state index contributed by atoms with van der Waals surface area (Å²) in [6.45, 7) is 0. The summed E-state index contributed by atoms with van der Waals surface area (Å²) >= 11 is 0. The van der Waals surface area contributed by atoms with Crippen molar-refractivity contribution >= 4 is 21.2 Å². The Bertz CT molecular complexity index is 808. The van der Waals surface area contributed by atoms with Gasteiger partial charge in [-0.15, -0.1) is 0 Å². The molecule has 2 rings (SSSR count). The van der Waals surface area contributed by atoms with E-state index in [0.29, 0.717) is 0 Å². The Labute approximate surface area is 119 Å². The van der Waals surface area contributed by atoms with E-state index in [0.717, 1.165) is 12.1 Å². The first kappa shape index (κ1) is 14.9. The molecule has 2 N–H and O–H groups in total. The van der Waals surface area contributed by atoms with Crippen molar-refractivity contribution in [2.75, 3.05) is 5.73 Å². The highest BCUT2D eigenvalue weighted by Gasteiger charge is 2.22. The van der Waals surface area contributed by atoms with Crippen molar-refractivity contribution < 1.29 is 17.7 Å². The predicted octanol–water partition coefficient (Wildman–Crippen LogP) is 1.69. The summed E-state index contributed by atoms with van der Waals surface area (Å²) in [5.41, 5.74) is 4.89. The first-order chi connectivity index (χ1) is 9.81. The van der Waals surface area contributed by atoms with E-state index in [4.69, 9.17) is 5.73 Å². The second kappa shape index (κ2) is 5.44. The fourth-order valence-corrected chi connectivity index (χ4v) is 3.14. The second-order valence-electron chi connectivity index (χ2n) is 4.20. The number of benzene rings is 1. The summed E-state index contributed by atoms with van der Waals surface area (Å²) in [4.78, 5) is 13.3. The lowest BCUT2D eigenvalue weighted by molar-refractivity contribution is -0.387. The maximum Gasteiger partial charge on any atom is 0.304 e. The van der Waals surface area contributed by atoms with Gasteiger partial charge in [-0.2, -0.15) is 4.39 Å². The molecule has 0 unspecified atom stereocenters. The molecule has 1 aromatic carbocycles. The van der Waals surface area contributed by atoms with Gasteiger partial charge in [0.2, 0.25) is 15.7 Å². The molecular weight excluding hydrogens is 301 g/mol. The van der Waals surface area contributed by atoms with E-state index < -0.39 is 32.0 Å². The average Bonchev–Trinajstić information content (AvgIpc) is 2.38. The number of nitro benzene ring substituents is 1. The lowest BCUT2D eigenvalue weighted by atomic mass is 10.2. The van der Waals surface area contributed by atoms with Gasteiger partial charge in [0, 0.05) is 12.3 Å². The summed E-state index contributed by atoms with van der Waals surface area (Å²) < 4.78 is 37.8. The van der Waals surface area contributed by atoms with Crippen LogP contribution in [0.4, 0.5) is 15.8 Å². The minimum absolute atomic E-state index is 0.0140. The number of rotatable bonds is 4. The molecule has 0 atom stereocenters. The van der Waals surface area contributed by atoms with Gasteiger partial charge in [-0.3, -0.25) is 10.1 Å². The molecule has 0 saturated carbocycles. The van der Waals surface area contributed by atoms with Gasteiger partial charge in [-0.05, 0) is 23.8 Å². The van der Waals surface area contributed by atoms with E-state index in [9.17, 15) is 22.9 Å². The van der Waals surface area contributed by atoms with Crippen molar-refractivity contribution in [2.24, 2.45) is 0 Å². The topological polar surface area (TPSA) is 116 Å². The number of hydrogen-bond donors (Lipinski definition) is 1. The summed E-state index contributed by atoms with van der Waals surface area (Å²) in [5, 5.41) is 10.2.